The van der Waals surface area contributed by atoms with Crippen LogP contribution < -0.4 is 10.6 Å². The van der Waals surface area contributed by atoms with Gasteiger partial charge in [0.1, 0.15) is 0 Å². The molecule has 5 nitrogen and oxygen atoms in total. The van der Waals surface area contributed by atoms with Crippen LogP contribution in [0.5, 0.6) is 0 Å². The third-order valence-corrected chi connectivity index (χ3v) is 3.51. The predicted octanol–water partition coefficient (Wildman–Crippen LogP) is 2.74. The number of nitrogens with zero attached hydrogens (tertiary/aromatic N) is 3. The van der Waals surface area contributed by atoms with E-state index >= 15 is 0 Å². The van der Waals surface area contributed by atoms with Gasteiger partial charge in [0.05, 0.1) is 18.3 Å². The minimum atomic E-state index is -4.31. The standard InChI is InChI=1S/C17H22F3N5/c1-3-21-16(22-9-8-14-11-24-25(2)12-14)23-10-13-4-6-15(7-5-13)17(18,19)20/h4-7,11-12H,3,8-10H2,1-2H3,(H2,21,22,23). The fraction of sp³-hybridized carbons (Fsp3) is 0.412. The third-order valence-electron chi connectivity index (χ3n) is 3.51. The van der Waals surface area contributed by atoms with Crippen molar-refractivity contribution >= 4 is 5.96 Å². The Hall–Kier alpha value is -2.51. The lowest BCUT2D eigenvalue weighted by Crippen LogP contribution is -2.38. The van der Waals surface area contributed by atoms with Gasteiger partial charge >= 0.3 is 6.18 Å². The number of benzene rings is 1. The van der Waals surface area contributed by atoms with E-state index in [4.69, 9.17) is 0 Å². The number of hydrogen-bond donors (Lipinski definition) is 2. The lowest BCUT2D eigenvalue weighted by Gasteiger charge is -2.11. The van der Waals surface area contributed by atoms with Gasteiger partial charge in [-0.25, -0.2) is 4.99 Å². The Kier molecular flexibility index (Phi) is 6.44. The highest BCUT2D eigenvalue weighted by molar-refractivity contribution is 5.79. The zero-order valence-corrected chi connectivity index (χ0v) is 14.3. The molecule has 1 aromatic carbocycles. The van der Waals surface area contributed by atoms with Crippen LogP contribution >= 0.6 is 0 Å². The van der Waals surface area contributed by atoms with E-state index in [-0.39, 0.29) is 0 Å². The highest BCUT2D eigenvalue weighted by Gasteiger charge is 2.29. The number of aliphatic imine (C=N–C) groups is 1. The second kappa shape index (κ2) is 8.55. The maximum absolute atomic E-state index is 12.6. The summed E-state index contributed by atoms with van der Waals surface area (Å²) >= 11 is 0. The predicted molar refractivity (Wildman–Crippen MR) is 91.2 cm³/mol. The van der Waals surface area contributed by atoms with Crippen LogP contribution in [0.2, 0.25) is 0 Å². The van der Waals surface area contributed by atoms with Crippen LogP contribution in [0.1, 0.15) is 23.6 Å². The minimum Gasteiger partial charge on any atom is -0.357 e. The van der Waals surface area contributed by atoms with Gasteiger partial charge in [-0.3, -0.25) is 4.68 Å². The van der Waals surface area contributed by atoms with Gasteiger partial charge in [0.25, 0.3) is 0 Å². The van der Waals surface area contributed by atoms with Crippen LogP contribution in [0.25, 0.3) is 0 Å². The molecular weight excluding hydrogens is 331 g/mol. The normalized spacial score (nSPS) is 12.3. The molecule has 0 spiro atoms. The lowest BCUT2D eigenvalue weighted by molar-refractivity contribution is -0.137. The smallest absolute Gasteiger partial charge is 0.357 e. The molecular formula is C17H22F3N5. The van der Waals surface area contributed by atoms with E-state index in [1.54, 1.807) is 4.68 Å². The van der Waals surface area contributed by atoms with E-state index in [1.165, 1.54) is 12.1 Å². The summed E-state index contributed by atoms with van der Waals surface area (Å²) in [6.07, 6.45) is 0.255. The summed E-state index contributed by atoms with van der Waals surface area (Å²) in [6, 6.07) is 5.05. The summed E-state index contributed by atoms with van der Waals surface area (Å²) in [7, 11) is 1.87. The van der Waals surface area contributed by atoms with Crippen molar-refractivity contribution in [1.82, 2.24) is 20.4 Å². The highest BCUT2D eigenvalue weighted by atomic mass is 19.4. The van der Waals surface area contributed by atoms with E-state index in [0.29, 0.717) is 25.6 Å². The number of guanidine groups is 1. The molecule has 25 heavy (non-hydrogen) atoms. The first-order valence-corrected chi connectivity index (χ1v) is 8.04. The van der Waals surface area contributed by atoms with Crippen LogP contribution in [-0.4, -0.2) is 28.8 Å². The van der Waals surface area contributed by atoms with Crippen LogP contribution in [-0.2, 0) is 26.2 Å². The molecule has 1 heterocycles. The quantitative estimate of drug-likeness (QED) is 0.620. The fourth-order valence-corrected chi connectivity index (χ4v) is 2.24. The summed E-state index contributed by atoms with van der Waals surface area (Å²) in [6.45, 7) is 3.65. The van der Waals surface area contributed by atoms with Crippen LogP contribution in [0, 0.1) is 0 Å². The molecule has 0 aliphatic carbocycles. The summed E-state index contributed by atoms with van der Waals surface area (Å²) < 4.78 is 39.4. The lowest BCUT2D eigenvalue weighted by atomic mass is 10.1. The van der Waals surface area contributed by atoms with Crippen molar-refractivity contribution in [3.63, 3.8) is 0 Å². The highest BCUT2D eigenvalue weighted by Crippen LogP contribution is 2.29. The number of alkyl halides is 3. The van der Waals surface area contributed by atoms with E-state index in [0.717, 1.165) is 29.7 Å². The molecule has 0 saturated carbocycles. The van der Waals surface area contributed by atoms with Crippen molar-refractivity contribution in [2.75, 3.05) is 13.1 Å². The van der Waals surface area contributed by atoms with E-state index in [9.17, 15) is 13.2 Å². The molecule has 8 heteroatoms. The van der Waals surface area contributed by atoms with Crippen molar-refractivity contribution in [3.8, 4) is 0 Å². The Morgan fingerprint density at radius 3 is 2.44 bits per heavy atom. The molecule has 0 unspecified atom stereocenters. The van der Waals surface area contributed by atoms with Gasteiger partial charge in [0, 0.05) is 26.3 Å². The average Bonchev–Trinajstić information content (AvgIpc) is 2.97. The van der Waals surface area contributed by atoms with Crippen molar-refractivity contribution < 1.29 is 13.2 Å². The van der Waals surface area contributed by atoms with Gasteiger partial charge < -0.3 is 10.6 Å². The first-order valence-electron chi connectivity index (χ1n) is 8.04. The van der Waals surface area contributed by atoms with E-state index < -0.39 is 11.7 Å². The van der Waals surface area contributed by atoms with Gasteiger partial charge in [0.2, 0.25) is 0 Å². The van der Waals surface area contributed by atoms with Crippen molar-refractivity contribution in [1.29, 1.82) is 0 Å². The van der Waals surface area contributed by atoms with Crippen LogP contribution in [0.15, 0.2) is 41.7 Å². The molecule has 0 amide bonds. The van der Waals surface area contributed by atoms with E-state index in [2.05, 4.69) is 20.7 Å². The summed E-state index contributed by atoms with van der Waals surface area (Å²) in [5, 5.41) is 10.4. The Morgan fingerprint density at radius 2 is 1.88 bits per heavy atom. The Labute approximate surface area is 145 Å². The zero-order valence-electron chi connectivity index (χ0n) is 14.3. The number of aromatic nitrogens is 2. The molecule has 2 aromatic rings. The van der Waals surface area contributed by atoms with Gasteiger partial charge in [-0.2, -0.15) is 18.3 Å². The molecule has 0 aliphatic rings. The second-order valence-electron chi connectivity index (χ2n) is 5.59. The first kappa shape index (κ1) is 18.8. The van der Waals surface area contributed by atoms with Crippen molar-refractivity contribution in [2.45, 2.75) is 26.1 Å². The van der Waals surface area contributed by atoms with E-state index in [1.807, 2.05) is 26.4 Å². The molecule has 0 atom stereocenters. The number of rotatable bonds is 6. The first-order chi connectivity index (χ1) is 11.9. The summed E-state index contributed by atoms with van der Waals surface area (Å²) in [5.41, 5.74) is 1.19. The second-order valence-corrected chi connectivity index (χ2v) is 5.59. The molecule has 0 bridgehead atoms. The summed E-state index contributed by atoms with van der Waals surface area (Å²) in [4.78, 5) is 4.40. The number of nitrogens with one attached hydrogen (secondary N) is 2. The monoisotopic (exact) mass is 353 g/mol. The SMILES string of the molecule is CCNC(=NCc1ccc(C(F)(F)F)cc1)NCCc1cnn(C)c1. The molecule has 0 saturated heterocycles. The molecule has 1 aromatic heterocycles. The van der Waals surface area contributed by atoms with Crippen LogP contribution in [0.4, 0.5) is 13.2 Å². The minimum absolute atomic E-state index is 0.306. The maximum atomic E-state index is 12.6. The van der Waals surface area contributed by atoms with Crippen molar-refractivity contribution in [2.24, 2.45) is 12.0 Å². The Balaban J connectivity index is 1.90. The Morgan fingerprint density at radius 1 is 1.16 bits per heavy atom. The molecule has 0 radical (unpaired) electrons. The maximum Gasteiger partial charge on any atom is 0.416 e. The largest absolute Gasteiger partial charge is 0.416 e. The van der Waals surface area contributed by atoms with Gasteiger partial charge in [-0.1, -0.05) is 12.1 Å². The molecule has 0 aliphatic heterocycles. The topological polar surface area (TPSA) is 54.2 Å². The summed E-state index contributed by atoms with van der Waals surface area (Å²) in [5.74, 6) is 0.631. The molecule has 2 N–H and O–H groups in total. The van der Waals surface area contributed by atoms with Gasteiger partial charge in [-0.05, 0) is 36.6 Å². The third kappa shape index (κ3) is 6.13. The fourth-order valence-electron chi connectivity index (χ4n) is 2.24. The van der Waals surface area contributed by atoms with Crippen molar-refractivity contribution in [3.05, 3.63) is 53.3 Å². The molecule has 136 valence electrons. The van der Waals surface area contributed by atoms with Gasteiger partial charge in [0.15, 0.2) is 5.96 Å². The molecule has 0 fully saturated rings. The molecule has 2 rings (SSSR count). The van der Waals surface area contributed by atoms with Gasteiger partial charge in [-0.15, -0.1) is 0 Å². The Bertz CT molecular complexity index is 689. The average molecular weight is 353 g/mol. The number of aryl methyl sites for hydroxylation is 1. The number of halogens is 3. The number of hydrogen-bond acceptors (Lipinski definition) is 2. The zero-order chi connectivity index (χ0) is 18.3. The van der Waals surface area contributed by atoms with Crippen LogP contribution in [0.3, 0.4) is 0 Å².